The molecular formula is C19H18FN3O2. The minimum atomic E-state index is -0.359. The highest BCUT2D eigenvalue weighted by atomic mass is 19.1. The van der Waals surface area contributed by atoms with Crippen molar-refractivity contribution < 1.29 is 13.9 Å². The van der Waals surface area contributed by atoms with Crippen molar-refractivity contribution in [1.29, 1.82) is 0 Å². The molecule has 0 saturated carbocycles. The number of hydrogen-bond acceptors (Lipinski definition) is 4. The Balaban J connectivity index is 1.83. The molecule has 4 rings (SSSR count). The van der Waals surface area contributed by atoms with Gasteiger partial charge in [-0.25, -0.2) is 4.39 Å². The van der Waals surface area contributed by atoms with Crippen molar-refractivity contribution in [2.24, 2.45) is 5.10 Å². The van der Waals surface area contributed by atoms with Gasteiger partial charge in [0.2, 0.25) is 0 Å². The van der Waals surface area contributed by atoms with Crippen molar-refractivity contribution in [3.63, 3.8) is 0 Å². The van der Waals surface area contributed by atoms with Crippen LogP contribution in [0.15, 0.2) is 53.6 Å². The van der Waals surface area contributed by atoms with Crippen molar-refractivity contribution in [1.82, 2.24) is 4.90 Å². The first-order chi connectivity index (χ1) is 12.1. The van der Waals surface area contributed by atoms with Crippen LogP contribution in [0.5, 0.6) is 5.75 Å². The van der Waals surface area contributed by atoms with E-state index in [1.54, 1.807) is 25.2 Å². The summed E-state index contributed by atoms with van der Waals surface area (Å²) in [6, 6.07) is 13.9. The average molecular weight is 339 g/mol. The SMILES string of the molecule is CN(C)C(=O)C1=NN2c3cc(F)ccc3OCC2C1c1ccccc1. The Bertz CT molecular complexity index is 851. The number of fused-ring (bicyclic) bond motifs is 3. The molecule has 6 heteroatoms. The number of halogens is 1. The van der Waals surface area contributed by atoms with Crippen LogP contribution in [0.1, 0.15) is 11.5 Å². The van der Waals surface area contributed by atoms with Crippen LogP contribution in [0.2, 0.25) is 0 Å². The van der Waals surface area contributed by atoms with Crippen LogP contribution in [-0.2, 0) is 4.79 Å². The topological polar surface area (TPSA) is 45.1 Å². The maximum Gasteiger partial charge on any atom is 0.270 e. The van der Waals surface area contributed by atoms with Gasteiger partial charge in [0.25, 0.3) is 5.91 Å². The summed E-state index contributed by atoms with van der Waals surface area (Å²) in [4.78, 5) is 14.2. The molecule has 2 aromatic carbocycles. The molecule has 0 bridgehead atoms. The zero-order valence-corrected chi connectivity index (χ0v) is 14.0. The first kappa shape index (κ1) is 15.6. The lowest BCUT2D eigenvalue weighted by atomic mass is 9.87. The summed E-state index contributed by atoms with van der Waals surface area (Å²) >= 11 is 0. The maximum absolute atomic E-state index is 13.7. The summed E-state index contributed by atoms with van der Waals surface area (Å²) < 4.78 is 19.6. The molecule has 2 heterocycles. The van der Waals surface area contributed by atoms with E-state index in [0.717, 1.165) is 5.56 Å². The average Bonchev–Trinajstić information content (AvgIpc) is 3.01. The highest BCUT2D eigenvalue weighted by Crippen LogP contribution is 2.43. The van der Waals surface area contributed by atoms with Crippen molar-refractivity contribution >= 4 is 17.3 Å². The maximum atomic E-state index is 13.7. The van der Waals surface area contributed by atoms with E-state index in [4.69, 9.17) is 4.74 Å². The summed E-state index contributed by atoms with van der Waals surface area (Å²) in [6.07, 6.45) is 0. The highest BCUT2D eigenvalue weighted by molar-refractivity contribution is 6.41. The molecule has 0 aliphatic carbocycles. The lowest BCUT2D eigenvalue weighted by Gasteiger charge is -2.33. The van der Waals surface area contributed by atoms with E-state index in [0.29, 0.717) is 23.8 Å². The molecule has 2 aliphatic rings. The van der Waals surface area contributed by atoms with E-state index in [1.807, 2.05) is 30.3 Å². The number of hydrazone groups is 1. The number of hydrogen-bond donors (Lipinski definition) is 0. The number of amides is 1. The fourth-order valence-electron chi connectivity index (χ4n) is 3.39. The van der Waals surface area contributed by atoms with Crippen LogP contribution in [0.25, 0.3) is 0 Å². The van der Waals surface area contributed by atoms with Crippen LogP contribution in [-0.4, -0.2) is 43.3 Å². The minimum Gasteiger partial charge on any atom is -0.489 e. The number of nitrogens with zero attached hydrogens (tertiary/aromatic N) is 3. The van der Waals surface area contributed by atoms with Gasteiger partial charge in [0, 0.05) is 20.2 Å². The summed E-state index contributed by atoms with van der Waals surface area (Å²) in [5.41, 5.74) is 1.99. The first-order valence-corrected chi connectivity index (χ1v) is 8.13. The molecule has 0 aromatic heterocycles. The number of carbonyl (C=O) groups is 1. The van der Waals surface area contributed by atoms with Gasteiger partial charge in [-0.1, -0.05) is 30.3 Å². The third-order valence-electron chi connectivity index (χ3n) is 4.57. The Kier molecular flexibility index (Phi) is 3.67. The summed E-state index contributed by atoms with van der Waals surface area (Å²) in [6.45, 7) is 0.381. The molecule has 2 unspecified atom stereocenters. The molecule has 2 aromatic rings. The van der Waals surface area contributed by atoms with E-state index >= 15 is 0 Å². The van der Waals surface area contributed by atoms with Crippen LogP contribution >= 0.6 is 0 Å². The fraction of sp³-hybridized carbons (Fsp3) is 0.263. The largest absolute Gasteiger partial charge is 0.489 e. The van der Waals surface area contributed by atoms with E-state index in [9.17, 15) is 9.18 Å². The van der Waals surface area contributed by atoms with E-state index < -0.39 is 0 Å². The molecule has 2 aliphatic heterocycles. The van der Waals surface area contributed by atoms with Crippen LogP contribution < -0.4 is 9.75 Å². The Morgan fingerprint density at radius 2 is 2.00 bits per heavy atom. The van der Waals surface area contributed by atoms with Gasteiger partial charge in [0.1, 0.15) is 29.6 Å². The summed E-state index contributed by atoms with van der Waals surface area (Å²) in [5.74, 6) is -0.165. The Morgan fingerprint density at radius 1 is 1.24 bits per heavy atom. The smallest absolute Gasteiger partial charge is 0.270 e. The van der Waals surface area contributed by atoms with Gasteiger partial charge in [0.15, 0.2) is 0 Å². The van der Waals surface area contributed by atoms with Gasteiger partial charge >= 0.3 is 0 Å². The van der Waals surface area contributed by atoms with Crippen molar-refractivity contribution in [3.8, 4) is 5.75 Å². The van der Waals surface area contributed by atoms with Crippen LogP contribution in [0.4, 0.5) is 10.1 Å². The van der Waals surface area contributed by atoms with E-state index in [2.05, 4.69) is 5.10 Å². The van der Waals surface area contributed by atoms with E-state index in [-0.39, 0.29) is 23.7 Å². The van der Waals surface area contributed by atoms with Crippen molar-refractivity contribution in [3.05, 3.63) is 59.9 Å². The van der Waals surface area contributed by atoms with Gasteiger partial charge in [-0.2, -0.15) is 5.10 Å². The summed E-state index contributed by atoms with van der Waals surface area (Å²) in [5, 5.41) is 6.32. The van der Waals surface area contributed by atoms with Gasteiger partial charge in [-0.05, 0) is 17.7 Å². The zero-order valence-electron chi connectivity index (χ0n) is 14.0. The number of ether oxygens (including phenoxy) is 1. The predicted octanol–water partition coefficient (Wildman–Crippen LogP) is 2.63. The van der Waals surface area contributed by atoms with E-state index in [1.165, 1.54) is 17.0 Å². The molecular weight excluding hydrogens is 321 g/mol. The highest BCUT2D eigenvalue weighted by Gasteiger charge is 2.45. The van der Waals surface area contributed by atoms with Crippen molar-refractivity contribution in [2.75, 3.05) is 25.7 Å². The molecule has 0 fully saturated rings. The molecule has 0 saturated heterocycles. The molecule has 2 atom stereocenters. The normalized spacial score (nSPS) is 21.1. The number of carbonyl (C=O) groups excluding carboxylic acids is 1. The monoisotopic (exact) mass is 339 g/mol. The second-order valence-electron chi connectivity index (χ2n) is 6.41. The second kappa shape index (κ2) is 5.88. The molecule has 25 heavy (non-hydrogen) atoms. The second-order valence-corrected chi connectivity index (χ2v) is 6.41. The van der Waals surface area contributed by atoms with Gasteiger partial charge < -0.3 is 9.64 Å². The molecule has 1 amide bonds. The van der Waals surface area contributed by atoms with Gasteiger partial charge in [0.05, 0.1) is 12.0 Å². The number of rotatable bonds is 2. The third-order valence-corrected chi connectivity index (χ3v) is 4.57. The molecule has 0 N–H and O–H groups in total. The summed E-state index contributed by atoms with van der Waals surface area (Å²) in [7, 11) is 3.41. The lowest BCUT2D eigenvalue weighted by molar-refractivity contribution is -0.121. The fourth-order valence-corrected chi connectivity index (χ4v) is 3.39. The van der Waals surface area contributed by atoms with Crippen LogP contribution in [0, 0.1) is 5.82 Å². The molecule has 128 valence electrons. The molecule has 5 nitrogen and oxygen atoms in total. The Hall–Kier alpha value is -2.89. The number of anilines is 1. The predicted molar refractivity (Wildman–Crippen MR) is 93.5 cm³/mol. The molecule has 0 spiro atoms. The standard InChI is InChI=1S/C19H18FN3O2/c1-22(2)19(24)18-17(12-6-4-3-5-7-12)15-11-25-16-9-8-13(20)10-14(16)23(15)21-18/h3-10,15,17H,11H2,1-2H3. The Morgan fingerprint density at radius 3 is 2.72 bits per heavy atom. The first-order valence-electron chi connectivity index (χ1n) is 8.13. The Labute approximate surface area is 145 Å². The molecule has 0 radical (unpaired) electrons. The van der Waals surface area contributed by atoms with Gasteiger partial charge in [-0.15, -0.1) is 0 Å². The number of benzene rings is 2. The van der Waals surface area contributed by atoms with Gasteiger partial charge in [-0.3, -0.25) is 9.80 Å². The third kappa shape index (κ3) is 2.54. The quantitative estimate of drug-likeness (QED) is 0.845. The minimum absolute atomic E-state index is 0.152. The zero-order chi connectivity index (χ0) is 17.6. The van der Waals surface area contributed by atoms with Crippen molar-refractivity contribution in [2.45, 2.75) is 12.0 Å². The van der Waals surface area contributed by atoms with Crippen LogP contribution in [0.3, 0.4) is 0 Å². The lowest BCUT2D eigenvalue weighted by Crippen LogP contribution is -2.42.